The third kappa shape index (κ3) is 4.47. The van der Waals surface area contributed by atoms with Crippen LogP contribution in [0, 0.1) is 5.95 Å². The average Bonchev–Trinajstić information content (AvgIpc) is 2.36. The zero-order valence-electron chi connectivity index (χ0n) is 11.2. The van der Waals surface area contributed by atoms with Crippen LogP contribution in [-0.2, 0) is 0 Å². The van der Waals surface area contributed by atoms with E-state index >= 15 is 0 Å². The van der Waals surface area contributed by atoms with Crippen LogP contribution in [0.5, 0.6) is 0 Å². The van der Waals surface area contributed by atoms with Crippen LogP contribution < -0.4 is 0 Å². The Morgan fingerprint density at radius 3 is 2.35 bits per heavy atom. The van der Waals surface area contributed by atoms with Crippen molar-refractivity contribution in [3.8, 4) is 0 Å². The lowest BCUT2D eigenvalue weighted by molar-refractivity contribution is -0.145. The quantitative estimate of drug-likeness (QED) is 0.615. The molecular weight excluding hydrogens is 276 g/mol. The van der Waals surface area contributed by atoms with Crippen LogP contribution in [0.1, 0.15) is 37.2 Å². The van der Waals surface area contributed by atoms with Crippen molar-refractivity contribution in [3.05, 3.63) is 29.8 Å². The molecule has 1 aromatic rings. The molecule has 0 bridgehead atoms. The molecule has 0 atom stereocenters. The van der Waals surface area contributed by atoms with Gasteiger partial charge in [0.2, 0.25) is 5.95 Å². The van der Waals surface area contributed by atoms with Crippen molar-refractivity contribution < 1.29 is 22.4 Å². The fourth-order valence-electron chi connectivity index (χ4n) is 1.96. The summed E-state index contributed by atoms with van der Waals surface area (Å²) in [4.78, 5) is 16.2. The molecule has 20 heavy (non-hydrogen) atoms. The number of carbonyl (C=O) groups excluding carboxylic acids is 1. The van der Waals surface area contributed by atoms with Crippen LogP contribution in [0.15, 0.2) is 18.2 Å². The minimum absolute atomic E-state index is 0.318. The van der Waals surface area contributed by atoms with Gasteiger partial charge < -0.3 is 4.90 Å². The van der Waals surface area contributed by atoms with Crippen molar-refractivity contribution >= 4 is 5.91 Å². The SMILES string of the molecule is CCC(CC)N(CC(F)(F)F)C(=O)c1cccc(F)n1. The first-order valence-electron chi connectivity index (χ1n) is 6.28. The summed E-state index contributed by atoms with van der Waals surface area (Å²) < 4.78 is 50.8. The topological polar surface area (TPSA) is 33.2 Å². The monoisotopic (exact) mass is 292 g/mol. The molecule has 0 radical (unpaired) electrons. The van der Waals surface area contributed by atoms with Crippen molar-refractivity contribution in [2.24, 2.45) is 0 Å². The minimum atomic E-state index is -4.51. The highest BCUT2D eigenvalue weighted by atomic mass is 19.4. The highest BCUT2D eigenvalue weighted by molar-refractivity contribution is 5.92. The van der Waals surface area contributed by atoms with Gasteiger partial charge in [-0.1, -0.05) is 19.9 Å². The molecule has 0 saturated carbocycles. The largest absolute Gasteiger partial charge is 0.406 e. The molecule has 1 rings (SSSR count). The van der Waals surface area contributed by atoms with Gasteiger partial charge in [0.1, 0.15) is 12.2 Å². The number of pyridine rings is 1. The maximum atomic E-state index is 13.0. The number of hydrogen-bond donors (Lipinski definition) is 0. The molecule has 112 valence electrons. The summed E-state index contributed by atoms with van der Waals surface area (Å²) >= 11 is 0. The zero-order chi connectivity index (χ0) is 15.3. The van der Waals surface area contributed by atoms with E-state index < -0.39 is 30.6 Å². The standard InChI is InChI=1S/C13H16F4N2O/c1-3-9(4-2)19(8-13(15,16)17)12(20)10-6-5-7-11(14)18-10/h5-7,9H,3-4,8H2,1-2H3. The summed E-state index contributed by atoms with van der Waals surface area (Å²) in [6.45, 7) is 2.03. The lowest BCUT2D eigenvalue weighted by Crippen LogP contribution is -2.45. The summed E-state index contributed by atoms with van der Waals surface area (Å²) in [5.74, 6) is -1.80. The normalized spacial score (nSPS) is 11.8. The number of hydrogen-bond acceptors (Lipinski definition) is 2. The molecule has 0 aliphatic rings. The molecular formula is C13H16F4N2O. The van der Waals surface area contributed by atoms with E-state index in [1.54, 1.807) is 13.8 Å². The maximum Gasteiger partial charge on any atom is 0.406 e. The van der Waals surface area contributed by atoms with Crippen LogP contribution in [0.25, 0.3) is 0 Å². The minimum Gasteiger partial charge on any atom is -0.325 e. The van der Waals surface area contributed by atoms with Crippen LogP contribution in [-0.4, -0.2) is 34.6 Å². The highest BCUT2D eigenvalue weighted by Crippen LogP contribution is 2.22. The summed E-state index contributed by atoms with van der Waals surface area (Å²) in [6, 6.07) is 2.92. The Kier molecular flexibility index (Phi) is 5.47. The average molecular weight is 292 g/mol. The molecule has 0 N–H and O–H groups in total. The summed E-state index contributed by atoms with van der Waals surface area (Å²) in [6.07, 6.45) is -3.74. The molecule has 0 aliphatic heterocycles. The van der Waals surface area contributed by atoms with Gasteiger partial charge in [-0.15, -0.1) is 0 Å². The van der Waals surface area contributed by atoms with Crippen LogP contribution in [0.2, 0.25) is 0 Å². The van der Waals surface area contributed by atoms with Crippen molar-refractivity contribution in [3.63, 3.8) is 0 Å². The number of nitrogens with zero attached hydrogens (tertiary/aromatic N) is 2. The first kappa shape index (κ1) is 16.4. The Bertz CT molecular complexity index is 458. The van der Waals surface area contributed by atoms with E-state index in [0.29, 0.717) is 17.7 Å². The van der Waals surface area contributed by atoms with E-state index in [9.17, 15) is 22.4 Å². The van der Waals surface area contributed by atoms with Gasteiger partial charge in [-0.25, -0.2) is 4.98 Å². The molecule has 0 saturated heterocycles. The molecule has 0 unspecified atom stereocenters. The molecule has 7 heteroatoms. The van der Waals surface area contributed by atoms with E-state index in [4.69, 9.17) is 0 Å². The molecule has 1 heterocycles. The van der Waals surface area contributed by atoms with Gasteiger partial charge >= 0.3 is 6.18 Å². The van der Waals surface area contributed by atoms with Gasteiger partial charge in [-0.3, -0.25) is 4.79 Å². The fourth-order valence-corrected chi connectivity index (χ4v) is 1.96. The Hall–Kier alpha value is -1.66. The second-order valence-corrected chi connectivity index (χ2v) is 4.36. The Morgan fingerprint density at radius 2 is 1.90 bits per heavy atom. The number of aromatic nitrogens is 1. The van der Waals surface area contributed by atoms with Gasteiger partial charge in [0, 0.05) is 6.04 Å². The van der Waals surface area contributed by atoms with E-state index in [1.807, 2.05) is 0 Å². The van der Waals surface area contributed by atoms with Crippen LogP contribution in [0.4, 0.5) is 17.6 Å². The van der Waals surface area contributed by atoms with Crippen molar-refractivity contribution in [2.75, 3.05) is 6.54 Å². The number of rotatable bonds is 5. The molecule has 3 nitrogen and oxygen atoms in total. The van der Waals surface area contributed by atoms with Gasteiger partial charge in [-0.05, 0) is 25.0 Å². The van der Waals surface area contributed by atoms with E-state index in [2.05, 4.69) is 4.98 Å². The zero-order valence-corrected chi connectivity index (χ0v) is 11.2. The Morgan fingerprint density at radius 1 is 1.30 bits per heavy atom. The van der Waals surface area contributed by atoms with Crippen molar-refractivity contribution in [1.29, 1.82) is 0 Å². The van der Waals surface area contributed by atoms with Crippen molar-refractivity contribution in [1.82, 2.24) is 9.88 Å². The number of carbonyl (C=O) groups is 1. The third-order valence-electron chi connectivity index (χ3n) is 2.93. The predicted molar refractivity (Wildman–Crippen MR) is 65.7 cm³/mol. The van der Waals surface area contributed by atoms with Gasteiger partial charge in [0.25, 0.3) is 5.91 Å². The van der Waals surface area contributed by atoms with Crippen LogP contribution >= 0.6 is 0 Å². The number of halogens is 4. The van der Waals surface area contributed by atoms with E-state index in [0.717, 1.165) is 6.07 Å². The first-order chi connectivity index (χ1) is 9.28. The smallest absolute Gasteiger partial charge is 0.325 e. The van der Waals surface area contributed by atoms with Gasteiger partial charge in [0.15, 0.2) is 0 Å². The van der Waals surface area contributed by atoms with Crippen LogP contribution in [0.3, 0.4) is 0 Å². The summed E-state index contributed by atoms with van der Waals surface area (Å²) in [7, 11) is 0. The molecule has 0 aliphatic carbocycles. The summed E-state index contributed by atoms with van der Waals surface area (Å²) in [5, 5.41) is 0. The third-order valence-corrected chi connectivity index (χ3v) is 2.93. The number of alkyl halides is 3. The molecule has 0 fully saturated rings. The lowest BCUT2D eigenvalue weighted by Gasteiger charge is -2.31. The van der Waals surface area contributed by atoms with Gasteiger partial charge in [0.05, 0.1) is 0 Å². The Balaban J connectivity index is 3.06. The molecule has 1 aromatic heterocycles. The highest BCUT2D eigenvalue weighted by Gasteiger charge is 2.36. The second kappa shape index (κ2) is 6.67. The maximum absolute atomic E-state index is 13.0. The Labute approximate surface area is 114 Å². The van der Waals surface area contributed by atoms with E-state index in [-0.39, 0.29) is 5.69 Å². The molecule has 1 amide bonds. The number of amides is 1. The van der Waals surface area contributed by atoms with Gasteiger partial charge in [-0.2, -0.15) is 17.6 Å². The first-order valence-corrected chi connectivity index (χ1v) is 6.28. The summed E-state index contributed by atoms with van der Waals surface area (Å²) in [5.41, 5.74) is -0.318. The van der Waals surface area contributed by atoms with Crippen molar-refractivity contribution in [2.45, 2.75) is 38.9 Å². The predicted octanol–water partition coefficient (Wildman–Crippen LogP) is 3.41. The fraction of sp³-hybridized carbons (Fsp3) is 0.538. The second-order valence-electron chi connectivity index (χ2n) is 4.36. The molecule has 0 aromatic carbocycles. The molecule has 0 spiro atoms. The van der Waals surface area contributed by atoms with E-state index in [1.165, 1.54) is 12.1 Å². The lowest BCUT2D eigenvalue weighted by atomic mass is 10.1.